The Morgan fingerprint density at radius 1 is 1.16 bits per heavy atom. The molecule has 0 radical (unpaired) electrons. The van der Waals surface area contributed by atoms with Crippen molar-refractivity contribution in [2.24, 2.45) is 13.0 Å². The van der Waals surface area contributed by atoms with Crippen molar-refractivity contribution in [3.05, 3.63) is 18.2 Å². The van der Waals surface area contributed by atoms with Crippen LogP contribution in [0.1, 0.15) is 40.0 Å². The molecule has 2 fully saturated rings. The number of piperidine rings is 1. The van der Waals surface area contributed by atoms with Crippen LogP contribution in [0, 0.1) is 5.92 Å². The summed E-state index contributed by atoms with van der Waals surface area (Å²) in [5, 5.41) is 7.74. The summed E-state index contributed by atoms with van der Waals surface area (Å²) in [6, 6.07) is 5.61. The minimum absolute atomic E-state index is 0.0668. The molecule has 3 heterocycles. The van der Waals surface area contributed by atoms with Crippen LogP contribution in [0.5, 0.6) is 0 Å². The number of hydrogen-bond donors (Lipinski definition) is 1. The number of carbonyl (C=O) groups is 3. The van der Waals surface area contributed by atoms with Crippen molar-refractivity contribution in [2.75, 3.05) is 29.4 Å². The average Bonchev–Trinajstić information content (AvgIpc) is 3.03. The van der Waals surface area contributed by atoms with E-state index in [2.05, 4.69) is 21.4 Å². The number of imide groups is 1. The van der Waals surface area contributed by atoms with Crippen LogP contribution in [0.2, 0.25) is 0 Å². The van der Waals surface area contributed by atoms with Gasteiger partial charge in [0.1, 0.15) is 5.60 Å². The third-order valence-electron chi connectivity index (χ3n) is 5.73. The summed E-state index contributed by atoms with van der Waals surface area (Å²) in [5.41, 5.74) is 1.50. The number of carbonyl (C=O) groups excluding carboxylic acids is 3. The van der Waals surface area contributed by atoms with Gasteiger partial charge in [0.2, 0.25) is 5.91 Å². The first-order valence-corrected chi connectivity index (χ1v) is 10.7. The zero-order chi connectivity index (χ0) is 22.3. The Morgan fingerprint density at radius 3 is 2.52 bits per heavy atom. The van der Waals surface area contributed by atoms with Gasteiger partial charge in [0, 0.05) is 44.2 Å². The number of benzene rings is 1. The number of anilines is 2. The summed E-state index contributed by atoms with van der Waals surface area (Å²) in [6.07, 6.45) is 1.77. The Kier molecular flexibility index (Phi) is 5.36. The molecule has 0 spiro atoms. The molecule has 2 aromatic rings. The van der Waals surface area contributed by atoms with E-state index >= 15 is 0 Å². The Bertz CT molecular complexity index is 1030. The molecule has 0 aliphatic carbocycles. The van der Waals surface area contributed by atoms with Gasteiger partial charge in [0.25, 0.3) is 0 Å². The van der Waals surface area contributed by atoms with E-state index in [1.54, 1.807) is 4.68 Å². The first-order chi connectivity index (χ1) is 14.6. The van der Waals surface area contributed by atoms with E-state index in [1.165, 1.54) is 4.90 Å². The van der Waals surface area contributed by atoms with Crippen molar-refractivity contribution in [1.29, 1.82) is 0 Å². The highest BCUT2D eigenvalue weighted by Crippen LogP contribution is 2.32. The molecule has 0 bridgehead atoms. The fourth-order valence-electron chi connectivity index (χ4n) is 4.15. The van der Waals surface area contributed by atoms with Gasteiger partial charge in [-0.2, -0.15) is 5.10 Å². The highest BCUT2D eigenvalue weighted by Gasteiger charge is 2.30. The zero-order valence-corrected chi connectivity index (χ0v) is 18.5. The van der Waals surface area contributed by atoms with Crippen LogP contribution >= 0.6 is 0 Å². The van der Waals surface area contributed by atoms with Crippen LogP contribution in [-0.4, -0.2) is 52.9 Å². The summed E-state index contributed by atoms with van der Waals surface area (Å²) >= 11 is 0. The van der Waals surface area contributed by atoms with Gasteiger partial charge < -0.3 is 9.64 Å². The Morgan fingerprint density at radius 2 is 1.87 bits per heavy atom. The molecular weight excluding hydrogens is 398 g/mol. The molecular formula is C22H29N5O4. The van der Waals surface area contributed by atoms with Gasteiger partial charge in [-0.3, -0.25) is 24.5 Å². The van der Waals surface area contributed by atoms with Crippen molar-refractivity contribution in [1.82, 2.24) is 15.1 Å². The van der Waals surface area contributed by atoms with E-state index in [0.717, 1.165) is 42.5 Å². The summed E-state index contributed by atoms with van der Waals surface area (Å²) in [5.74, 6) is 0.108. The van der Waals surface area contributed by atoms with Crippen molar-refractivity contribution in [3.8, 4) is 0 Å². The minimum Gasteiger partial charge on any atom is -0.460 e. The van der Waals surface area contributed by atoms with Crippen molar-refractivity contribution >= 4 is 40.3 Å². The van der Waals surface area contributed by atoms with Gasteiger partial charge in [-0.25, -0.2) is 4.79 Å². The third kappa shape index (κ3) is 4.35. The number of hydrogen-bond acceptors (Lipinski definition) is 6. The van der Waals surface area contributed by atoms with Crippen molar-refractivity contribution < 1.29 is 19.1 Å². The monoisotopic (exact) mass is 427 g/mol. The number of urea groups is 1. The second-order valence-electron chi connectivity index (χ2n) is 9.20. The van der Waals surface area contributed by atoms with E-state index < -0.39 is 11.6 Å². The van der Waals surface area contributed by atoms with E-state index in [4.69, 9.17) is 4.74 Å². The van der Waals surface area contributed by atoms with E-state index in [-0.39, 0.29) is 24.2 Å². The van der Waals surface area contributed by atoms with Gasteiger partial charge in [-0.05, 0) is 51.8 Å². The van der Waals surface area contributed by atoms with E-state index in [9.17, 15) is 14.4 Å². The highest BCUT2D eigenvalue weighted by molar-refractivity contribution is 6.09. The van der Waals surface area contributed by atoms with Crippen molar-refractivity contribution in [3.63, 3.8) is 0 Å². The topological polar surface area (TPSA) is 96.8 Å². The lowest BCUT2D eigenvalue weighted by Gasteiger charge is -2.34. The number of fused-ring (bicyclic) bond motifs is 1. The lowest BCUT2D eigenvalue weighted by Crippen LogP contribution is -2.49. The second-order valence-corrected chi connectivity index (χ2v) is 9.20. The van der Waals surface area contributed by atoms with Crippen LogP contribution in [0.3, 0.4) is 0 Å². The third-order valence-corrected chi connectivity index (χ3v) is 5.73. The van der Waals surface area contributed by atoms with E-state index in [0.29, 0.717) is 12.4 Å². The van der Waals surface area contributed by atoms with Crippen LogP contribution in [0.4, 0.5) is 16.3 Å². The number of amides is 3. The van der Waals surface area contributed by atoms with Gasteiger partial charge in [-0.1, -0.05) is 0 Å². The fraction of sp³-hybridized carbons (Fsp3) is 0.545. The number of nitrogens with zero attached hydrogens (tertiary/aromatic N) is 4. The normalized spacial score (nSPS) is 18.5. The Labute approximate surface area is 181 Å². The van der Waals surface area contributed by atoms with Gasteiger partial charge in [0.15, 0.2) is 5.82 Å². The highest BCUT2D eigenvalue weighted by atomic mass is 16.6. The molecule has 9 nitrogen and oxygen atoms in total. The zero-order valence-electron chi connectivity index (χ0n) is 18.5. The van der Waals surface area contributed by atoms with Crippen LogP contribution in [-0.2, 0) is 21.4 Å². The molecule has 1 aromatic heterocycles. The first kappa shape index (κ1) is 21.1. The number of rotatable bonds is 3. The average molecular weight is 428 g/mol. The molecule has 9 heteroatoms. The Balaban J connectivity index is 1.49. The number of aromatic nitrogens is 2. The van der Waals surface area contributed by atoms with Crippen LogP contribution in [0.15, 0.2) is 18.2 Å². The molecule has 2 saturated heterocycles. The second kappa shape index (κ2) is 7.86. The lowest BCUT2D eigenvalue weighted by molar-refractivity contribution is -0.160. The molecule has 4 rings (SSSR count). The van der Waals surface area contributed by atoms with Gasteiger partial charge in [-0.15, -0.1) is 0 Å². The van der Waals surface area contributed by atoms with Crippen molar-refractivity contribution in [2.45, 2.75) is 45.6 Å². The minimum atomic E-state index is -0.463. The molecule has 1 aromatic carbocycles. The Hall–Kier alpha value is -3.10. The SMILES string of the molecule is Cn1nc(N2CCC(=O)NC2=O)c2ccc(N3CCC(C(=O)OC(C)(C)C)CC3)cc21. The maximum Gasteiger partial charge on any atom is 0.329 e. The molecule has 2 aliphatic heterocycles. The van der Waals surface area contributed by atoms with Crippen LogP contribution in [0.25, 0.3) is 10.9 Å². The maximum atomic E-state index is 12.4. The van der Waals surface area contributed by atoms with Gasteiger partial charge in [0.05, 0.1) is 11.4 Å². The fourth-order valence-corrected chi connectivity index (χ4v) is 4.15. The van der Waals surface area contributed by atoms with Gasteiger partial charge >= 0.3 is 12.0 Å². The number of ether oxygens (including phenoxy) is 1. The first-order valence-electron chi connectivity index (χ1n) is 10.7. The molecule has 2 aliphatic rings. The molecule has 166 valence electrons. The smallest absolute Gasteiger partial charge is 0.329 e. The summed E-state index contributed by atoms with van der Waals surface area (Å²) in [6.45, 7) is 7.54. The molecule has 0 atom stereocenters. The standard InChI is InChI=1S/C22H29N5O4/c1-22(2,3)31-20(29)14-7-10-26(11-8-14)15-5-6-16-17(13-15)25(4)24-19(16)27-12-9-18(28)23-21(27)30/h5-6,13-14H,7-12H2,1-4H3,(H,23,28,30). The maximum absolute atomic E-state index is 12.4. The number of esters is 1. The largest absolute Gasteiger partial charge is 0.460 e. The molecule has 1 N–H and O–H groups in total. The summed E-state index contributed by atoms with van der Waals surface area (Å²) < 4.78 is 7.30. The van der Waals surface area contributed by atoms with E-state index in [1.807, 2.05) is 40.0 Å². The predicted octanol–water partition coefficient (Wildman–Crippen LogP) is 2.58. The molecule has 0 saturated carbocycles. The summed E-state index contributed by atoms with van der Waals surface area (Å²) in [7, 11) is 1.84. The quantitative estimate of drug-likeness (QED) is 0.757. The summed E-state index contributed by atoms with van der Waals surface area (Å²) in [4.78, 5) is 39.8. The number of aryl methyl sites for hydroxylation is 1. The molecule has 0 unspecified atom stereocenters. The lowest BCUT2D eigenvalue weighted by atomic mass is 9.96. The van der Waals surface area contributed by atoms with Crippen LogP contribution < -0.4 is 15.1 Å². The predicted molar refractivity (Wildman–Crippen MR) is 117 cm³/mol. The number of nitrogens with one attached hydrogen (secondary N) is 1. The molecule has 3 amide bonds. The molecule has 31 heavy (non-hydrogen) atoms.